The second-order valence-corrected chi connectivity index (χ2v) is 7.05. The van der Waals surface area contributed by atoms with Gasteiger partial charge in [-0.2, -0.15) is 0 Å². The fourth-order valence-corrected chi connectivity index (χ4v) is 2.94. The van der Waals surface area contributed by atoms with Gasteiger partial charge >= 0.3 is 12.0 Å². The van der Waals surface area contributed by atoms with Gasteiger partial charge in [0.1, 0.15) is 5.82 Å². The summed E-state index contributed by atoms with van der Waals surface area (Å²) in [6.07, 6.45) is 2.74. The average molecular weight is 405 g/mol. The highest BCUT2D eigenvalue weighted by Gasteiger charge is 2.24. The van der Waals surface area contributed by atoms with Crippen LogP contribution in [0, 0.1) is 5.82 Å². The van der Waals surface area contributed by atoms with Crippen molar-refractivity contribution in [3.8, 4) is 0 Å². The van der Waals surface area contributed by atoms with Crippen LogP contribution >= 0.6 is 0 Å². The number of halogens is 1. The number of urea groups is 1. The topological polar surface area (TPSA) is 80.3 Å². The maximum absolute atomic E-state index is 13.7. The van der Waals surface area contributed by atoms with Gasteiger partial charge in [0.05, 0.1) is 11.3 Å². The van der Waals surface area contributed by atoms with Crippen molar-refractivity contribution in [1.82, 2.24) is 10.3 Å². The van der Waals surface area contributed by atoms with Crippen molar-refractivity contribution >= 4 is 17.7 Å². The molecule has 0 spiro atoms. The number of rotatable bonds is 6. The van der Waals surface area contributed by atoms with E-state index in [4.69, 9.17) is 4.74 Å². The Kier molecular flexibility index (Phi) is 5.70. The molecule has 4 rings (SSSR count). The number of nitrogens with zero attached hydrogens (tertiary/aromatic N) is 1. The molecule has 30 heavy (non-hydrogen) atoms. The van der Waals surface area contributed by atoms with Gasteiger partial charge in [0.2, 0.25) is 0 Å². The van der Waals surface area contributed by atoms with Crippen LogP contribution in [-0.4, -0.2) is 23.0 Å². The van der Waals surface area contributed by atoms with E-state index in [2.05, 4.69) is 15.6 Å². The summed E-state index contributed by atoms with van der Waals surface area (Å²) in [5, 5.41) is 5.55. The Labute approximate surface area is 173 Å². The van der Waals surface area contributed by atoms with Crippen LogP contribution in [0.5, 0.6) is 0 Å². The summed E-state index contributed by atoms with van der Waals surface area (Å²) in [6, 6.07) is 17.5. The van der Waals surface area contributed by atoms with Gasteiger partial charge in [0, 0.05) is 23.5 Å². The minimum atomic E-state index is -0.850. The van der Waals surface area contributed by atoms with Crippen molar-refractivity contribution in [2.75, 3.05) is 5.32 Å². The number of anilines is 1. The fraction of sp³-hybridized carbons (Fsp3) is 0.174. The second-order valence-electron chi connectivity index (χ2n) is 7.05. The molecule has 1 aromatic heterocycles. The fourth-order valence-electron chi connectivity index (χ4n) is 2.94. The molecule has 1 aliphatic rings. The van der Waals surface area contributed by atoms with Gasteiger partial charge in [-0.3, -0.25) is 4.98 Å². The molecule has 2 N–H and O–H groups in total. The highest BCUT2D eigenvalue weighted by Crippen LogP contribution is 2.26. The van der Waals surface area contributed by atoms with Gasteiger partial charge in [0.25, 0.3) is 0 Å². The smallest absolute Gasteiger partial charge is 0.339 e. The first-order valence-electron chi connectivity index (χ1n) is 9.63. The number of benzene rings is 2. The molecule has 152 valence electrons. The molecule has 3 aromatic rings. The van der Waals surface area contributed by atoms with E-state index in [1.807, 2.05) is 0 Å². The minimum Gasteiger partial charge on any atom is -0.447 e. The van der Waals surface area contributed by atoms with Crippen LogP contribution in [0.25, 0.3) is 0 Å². The third-order valence-corrected chi connectivity index (χ3v) is 4.62. The van der Waals surface area contributed by atoms with Gasteiger partial charge in [0.15, 0.2) is 6.10 Å². The van der Waals surface area contributed by atoms with E-state index in [0.29, 0.717) is 22.5 Å². The molecule has 2 aromatic carbocycles. The van der Waals surface area contributed by atoms with Crippen molar-refractivity contribution < 1.29 is 18.7 Å². The number of nitrogens with one attached hydrogen (secondary N) is 2. The molecule has 0 aliphatic heterocycles. The van der Waals surface area contributed by atoms with E-state index in [9.17, 15) is 14.0 Å². The Hall–Kier alpha value is -3.74. The molecule has 0 saturated heterocycles. The van der Waals surface area contributed by atoms with Crippen LogP contribution in [0.3, 0.4) is 0 Å². The largest absolute Gasteiger partial charge is 0.447 e. The van der Waals surface area contributed by atoms with Gasteiger partial charge in [-0.25, -0.2) is 14.0 Å². The van der Waals surface area contributed by atoms with Gasteiger partial charge in [-0.05, 0) is 61.4 Å². The maximum atomic E-state index is 13.7. The maximum Gasteiger partial charge on any atom is 0.339 e. The van der Waals surface area contributed by atoms with Crippen LogP contribution in [0.4, 0.5) is 14.9 Å². The molecular weight excluding hydrogens is 385 g/mol. The third kappa shape index (κ3) is 5.00. The normalized spacial score (nSPS) is 13.9. The Bertz CT molecular complexity index is 1040. The molecular formula is C23H20FN3O3. The minimum absolute atomic E-state index is 0.255. The quantitative estimate of drug-likeness (QED) is 0.594. The van der Waals surface area contributed by atoms with Crippen LogP contribution in [-0.2, 0) is 4.74 Å². The molecule has 1 atom stereocenters. The zero-order valence-electron chi connectivity index (χ0n) is 16.0. The van der Waals surface area contributed by atoms with Crippen LogP contribution in [0.1, 0.15) is 40.6 Å². The van der Waals surface area contributed by atoms with Crippen molar-refractivity contribution in [3.63, 3.8) is 0 Å². The number of carbonyl (C=O) groups excluding carboxylic acids is 2. The second kappa shape index (κ2) is 8.73. The number of aromatic nitrogens is 1. The lowest BCUT2D eigenvalue weighted by atomic mass is 10.1. The molecule has 7 heteroatoms. The van der Waals surface area contributed by atoms with Crippen molar-refractivity contribution in [2.45, 2.75) is 25.0 Å². The number of hydrogen-bond acceptors (Lipinski definition) is 4. The standard InChI is InChI=1S/C23H20FN3O3/c24-17-5-3-4-16(14-17)21(20-6-1-2-13-25-20)30-22(28)15-7-9-18(10-8-15)26-23(29)27-19-11-12-19/h1-10,13-14,19,21H,11-12H2,(H2,26,27,29). The summed E-state index contributed by atoms with van der Waals surface area (Å²) < 4.78 is 19.4. The van der Waals surface area contributed by atoms with E-state index in [0.717, 1.165) is 12.8 Å². The number of esters is 1. The van der Waals surface area contributed by atoms with Gasteiger partial charge in [-0.15, -0.1) is 0 Å². The van der Waals surface area contributed by atoms with Gasteiger partial charge in [-0.1, -0.05) is 18.2 Å². The van der Waals surface area contributed by atoms with E-state index in [1.165, 1.54) is 12.1 Å². The van der Waals surface area contributed by atoms with E-state index in [-0.39, 0.29) is 12.1 Å². The Morgan fingerprint density at radius 1 is 1.03 bits per heavy atom. The van der Waals surface area contributed by atoms with E-state index < -0.39 is 17.9 Å². The molecule has 1 fully saturated rings. The Balaban J connectivity index is 1.48. The Morgan fingerprint density at radius 3 is 2.50 bits per heavy atom. The molecule has 1 saturated carbocycles. The molecule has 0 bridgehead atoms. The third-order valence-electron chi connectivity index (χ3n) is 4.62. The molecule has 1 aliphatic carbocycles. The molecule has 6 nitrogen and oxygen atoms in total. The first-order valence-corrected chi connectivity index (χ1v) is 9.63. The lowest BCUT2D eigenvalue weighted by Gasteiger charge is -2.18. The highest BCUT2D eigenvalue weighted by atomic mass is 19.1. The summed E-state index contributed by atoms with van der Waals surface area (Å²) in [7, 11) is 0. The number of hydrogen-bond donors (Lipinski definition) is 2. The predicted molar refractivity (Wildman–Crippen MR) is 110 cm³/mol. The molecule has 1 unspecified atom stereocenters. The zero-order valence-corrected chi connectivity index (χ0v) is 16.0. The molecule has 0 radical (unpaired) electrons. The van der Waals surface area contributed by atoms with Crippen LogP contribution in [0.2, 0.25) is 0 Å². The summed E-state index contributed by atoms with van der Waals surface area (Å²) in [6.45, 7) is 0. The van der Waals surface area contributed by atoms with E-state index in [1.54, 1.807) is 60.8 Å². The van der Waals surface area contributed by atoms with Crippen molar-refractivity contribution in [2.24, 2.45) is 0 Å². The number of ether oxygens (including phenoxy) is 1. The molecule has 2 amide bonds. The van der Waals surface area contributed by atoms with Crippen molar-refractivity contribution in [1.29, 1.82) is 0 Å². The highest BCUT2D eigenvalue weighted by molar-refractivity contribution is 5.92. The number of pyridine rings is 1. The van der Waals surface area contributed by atoms with Crippen LogP contribution in [0.15, 0.2) is 72.9 Å². The predicted octanol–water partition coefficient (Wildman–Crippen LogP) is 4.45. The first kappa shape index (κ1) is 19.6. The van der Waals surface area contributed by atoms with Crippen molar-refractivity contribution in [3.05, 3.63) is 95.6 Å². The lowest BCUT2D eigenvalue weighted by molar-refractivity contribution is 0.0370. The first-order chi connectivity index (χ1) is 14.6. The van der Waals surface area contributed by atoms with E-state index >= 15 is 0 Å². The summed E-state index contributed by atoms with van der Waals surface area (Å²) >= 11 is 0. The monoisotopic (exact) mass is 405 g/mol. The number of amides is 2. The average Bonchev–Trinajstić information content (AvgIpc) is 3.57. The molecule has 1 heterocycles. The number of carbonyl (C=O) groups is 2. The summed E-state index contributed by atoms with van der Waals surface area (Å²) in [5.41, 5.74) is 1.85. The lowest BCUT2D eigenvalue weighted by Crippen LogP contribution is -2.30. The summed E-state index contributed by atoms with van der Waals surface area (Å²) in [4.78, 5) is 28.8. The van der Waals surface area contributed by atoms with Crippen LogP contribution < -0.4 is 10.6 Å². The summed E-state index contributed by atoms with van der Waals surface area (Å²) in [5.74, 6) is -1.01. The Morgan fingerprint density at radius 2 is 1.83 bits per heavy atom. The SMILES string of the molecule is O=C(Nc1ccc(C(=O)OC(c2cccc(F)c2)c2ccccn2)cc1)NC1CC1. The zero-order chi connectivity index (χ0) is 20.9. The van der Waals surface area contributed by atoms with Gasteiger partial charge < -0.3 is 15.4 Å².